The fraction of sp³-hybridized carbons (Fsp3) is 0.545. The molecule has 2 N–H and O–H groups in total. The molecule has 4 rings (SSSR count). The number of ether oxygens (including phenoxy) is 1. The number of fused-ring (bicyclic) bond motifs is 2. The quantitative estimate of drug-likeness (QED) is 0.660. The Bertz CT molecular complexity index is 1030. The zero-order valence-corrected chi connectivity index (χ0v) is 19.2. The number of imidazole rings is 1. The largest absolute Gasteiger partial charge is 0.490 e. The molecule has 35 heavy (non-hydrogen) atoms. The summed E-state index contributed by atoms with van der Waals surface area (Å²) in [5, 5.41) is 10.1. The van der Waals surface area contributed by atoms with Crippen molar-refractivity contribution in [2.75, 3.05) is 19.6 Å². The van der Waals surface area contributed by atoms with Crippen LogP contribution in [0.2, 0.25) is 0 Å². The third kappa shape index (κ3) is 6.21. The highest BCUT2D eigenvalue weighted by Crippen LogP contribution is 2.40. The van der Waals surface area contributed by atoms with Crippen molar-refractivity contribution in [2.24, 2.45) is 5.92 Å². The maximum Gasteiger partial charge on any atom is 0.490 e. The van der Waals surface area contributed by atoms with Crippen LogP contribution in [0.4, 0.5) is 13.2 Å². The van der Waals surface area contributed by atoms with Gasteiger partial charge in [-0.25, -0.2) is 9.78 Å². The second-order valence-electron chi connectivity index (χ2n) is 8.75. The van der Waals surface area contributed by atoms with Gasteiger partial charge in [0, 0.05) is 44.9 Å². The molecule has 1 atom stereocenters. The molecule has 2 aromatic rings. The Morgan fingerprint density at radius 1 is 1.29 bits per heavy atom. The number of likely N-dealkylation sites (tertiary alicyclic amines) is 1. The number of amides is 2. The van der Waals surface area contributed by atoms with E-state index in [4.69, 9.17) is 19.1 Å². The number of aliphatic carboxylic acids is 1. The summed E-state index contributed by atoms with van der Waals surface area (Å²) in [4.78, 5) is 40.4. The summed E-state index contributed by atoms with van der Waals surface area (Å²) in [5.41, 5.74) is -0.0951. The van der Waals surface area contributed by atoms with Crippen molar-refractivity contribution in [3.05, 3.63) is 42.4 Å². The van der Waals surface area contributed by atoms with E-state index in [1.165, 1.54) is 12.5 Å². The molecule has 0 aliphatic carbocycles. The molecule has 4 heterocycles. The first kappa shape index (κ1) is 26.3. The van der Waals surface area contributed by atoms with E-state index in [1.54, 1.807) is 17.2 Å². The van der Waals surface area contributed by atoms with Gasteiger partial charge in [0.15, 0.2) is 6.10 Å². The minimum atomic E-state index is -5.08. The van der Waals surface area contributed by atoms with Crippen LogP contribution in [0.3, 0.4) is 0 Å². The van der Waals surface area contributed by atoms with E-state index >= 15 is 0 Å². The Morgan fingerprint density at radius 2 is 1.94 bits per heavy atom. The Morgan fingerprint density at radius 3 is 2.49 bits per heavy atom. The molecule has 13 heteroatoms. The molecule has 1 saturated heterocycles. The van der Waals surface area contributed by atoms with Gasteiger partial charge in [0.25, 0.3) is 11.8 Å². The minimum Gasteiger partial charge on any atom is -0.475 e. The number of carboxylic acid groups (broad SMARTS) is 1. The van der Waals surface area contributed by atoms with Crippen LogP contribution in [-0.2, 0) is 26.5 Å². The summed E-state index contributed by atoms with van der Waals surface area (Å²) in [7, 11) is 0. The van der Waals surface area contributed by atoms with Crippen molar-refractivity contribution in [1.82, 2.24) is 19.8 Å². The van der Waals surface area contributed by atoms with Crippen LogP contribution < -0.4 is 5.32 Å². The number of rotatable bonds is 4. The number of alkyl halides is 3. The van der Waals surface area contributed by atoms with E-state index in [-0.39, 0.29) is 11.8 Å². The molecule has 1 spiro atoms. The molecular formula is C22H27F3N4O6. The lowest BCUT2D eigenvalue weighted by Gasteiger charge is -2.45. The van der Waals surface area contributed by atoms with Crippen LogP contribution in [-0.4, -0.2) is 69.3 Å². The van der Waals surface area contributed by atoms with E-state index in [2.05, 4.69) is 24.1 Å². The molecule has 0 aromatic carbocycles. The zero-order valence-electron chi connectivity index (χ0n) is 19.2. The van der Waals surface area contributed by atoms with Crippen LogP contribution in [0, 0.1) is 5.92 Å². The molecule has 2 aliphatic heterocycles. The van der Waals surface area contributed by atoms with Gasteiger partial charge in [-0.2, -0.15) is 13.2 Å². The molecule has 1 fully saturated rings. The van der Waals surface area contributed by atoms with Crippen molar-refractivity contribution in [1.29, 1.82) is 0 Å². The molecule has 0 bridgehead atoms. The number of hydrogen-bond donors (Lipinski definition) is 2. The van der Waals surface area contributed by atoms with E-state index in [1.807, 2.05) is 10.8 Å². The average molecular weight is 500 g/mol. The van der Waals surface area contributed by atoms with Gasteiger partial charge < -0.3 is 29.0 Å². The molecule has 10 nitrogen and oxygen atoms in total. The van der Waals surface area contributed by atoms with E-state index in [0.29, 0.717) is 50.5 Å². The van der Waals surface area contributed by atoms with Crippen molar-refractivity contribution in [3.63, 3.8) is 0 Å². The number of piperidine rings is 1. The first-order valence-electron chi connectivity index (χ1n) is 11.0. The third-order valence-corrected chi connectivity index (χ3v) is 5.70. The molecule has 1 unspecified atom stereocenters. The molecule has 0 radical (unpaired) electrons. The van der Waals surface area contributed by atoms with E-state index < -0.39 is 23.9 Å². The van der Waals surface area contributed by atoms with E-state index in [0.717, 1.165) is 5.82 Å². The summed E-state index contributed by atoms with van der Waals surface area (Å²) in [5.74, 6) is -1.68. The maximum absolute atomic E-state index is 12.6. The normalized spacial score (nSPS) is 19.0. The highest BCUT2D eigenvalue weighted by Gasteiger charge is 2.47. The number of carbonyl (C=O) groups excluding carboxylic acids is 2. The molecule has 2 aromatic heterocycles. The van der Waals surface area contributed by atoms with Crippen molar-refractivity contribution in [3.8, 4) is 0 Å². The summed E-state index contributed by atoms with van der Waals surface area (Å²) < 4.78 is 45.1. The molecule has 192 valence electrons. The fourth-order valence-electron chi connectivity index (χ4n) is 3.93. The Kier molecular flexibility index (Phi) is 7.88. The summed E-state index contributed by atoms with van der Waals surface area (Å²) >= 11 is 0. The van der Waals surface area contributed by atoms with Crippen LogP contribution in [0.1, 0.15) is 42.9 Å². The number of nitrogens with one attached hydrogen (secondary N) is 1. The van der Waals surface area contributed by atoms with Gasteiger partial charge in [-0.15, -0.1) is 0 Å². The van der Waals surface area contributed by atoms with Crippen molar-refractivity contribution < 1.29 is 41.8 Å². The van der Waals surface area contributed by atoms with E-state index in [9.17, 15) is 22.8 Å². The summed E-state index contributed by atoms with van der Waals surface area (Å²) in [6.07, 6.45) is 2.16. The van der Waals surface area contributed by atoms with Gasteiger partial charge in [0.05, 0.1) is 18.4 Å². The van der Waals surface area contributed by atoms with Gasteiger partial charge in [0.1, 0.15) is 17.7 Å². The summed E-state index contributed by atoms with van der Waals surface area (Å²) in [6, 6.07) is 1.67. The topological polar surface area (TPSA) is 127 Å². The standard InChI is InChI=1S/C20H26N4O4.C2HF3O2/c1-14(2)11-22-17(25)16-12-24-9-6-21-19(24)20(28-16)4-7-23(8-5-20)18(26)15-3-10-27-13-15;3-2(4,5)1(6)7/h3,6,9-10,13-14,16H,4-5,7-8,11-12H2,1-2H3,(H,22,25);(H,6,7). The van der Waals surface area contributed by atoms with Crippen LogP contribution >= 0.6 is 0 Å². The lowest BCUT2D eigenvalue weighted by atomic mass is 9.88. The number of furan rings is 1. The SMILES string of the molecule is CC(C)CNC(=O)C1Cn2ccnc2C2(CCN(C(=O)c3ccoc3)CC2)O1.O=C(O)C(F)(F)F. The zero-order chi connectivity index (χ0) is 25.8. The molecule has 2 amide bonds. The Hall–Kier alpha value is -3.35. The van der Waals surface area contributed by atoms with Crippen LogP contribution in [0.15, 0.2) is 35.4 Å². The predicted octanol–water partition coefficient (Wildman–Crippen LogP) is 2.41. The highest BCUT2D eigenvalue weighted by molar-refractivity contribution is 5.93. The average Bonchev–Trinajstić information content (AvgIpc) is 3.50. The first-order valence-corrected chi connectivity index (χ1v) is 11.0. The lowest BCUT2D eigenvalue weighted by molar-refractivity contribution is -0.192. The van der Waals surface area contributed by atoms with Gasteiger partial charge in [-0.3, -0.25) is 9.59 Å². The molecule has 0 saturated carbocycles. The van der Waals surface area contributed by atoms with Gasteiger partial charge >= 0.3 is 12.1 Å². The smallest absolute Gasteiger partial charge is 0.475 e. The molecular weight excluding hydrogens is 473 g/mol. The monoisotopic (exact) mass is 500 g/mol. The Balaban J connectivity index is 0.000000429. The van der Waals surface area contributed by atoms with Gasteiger partial charge in [0.2, 0.25) is 0 Å². The Labute approximate surface area is 199 Å². The number of hydrogen-bond acceptors (Lipinski definition) is 6. The highest BCUT2D eigenvalue weighted by atomic mass is 19.4. The van der Waals surface area contributed by atoms with Gasteiger partial charge in [-0.05, 0) is 12.0 Å². The van der Waals surface area contributed by atoms with Crippen molar-refractivity contribution >= 4 is 17.8 Å². The number of nitrogens with zero attached hydrogens (tertiary/aromatic N) is 3. The second-order valence-corrected chi connectivity index (χ2v) is 8.75. The number of carboxylic acids is 1. The second kappa shape index (κ2) is 10.5. The van der Waals surface area contributed by atoms with Crippen LogP contribution in [0.5, 0.6) is 0 Å². The number of halogens is 3. The molecule has 2 aliphatic rings. The minimum absolute atomic E-state index is 0.0472. The number of carbonyl (C=O) groups is 3. The van der Waals surface area contributed by atoms with Crippen LogP contribution in [0.25, 0.3) is 0 Å². The predicted molar refractivity (Wildman–Crippen MR) is 114 cm³/mol. The lowest BCUT2D eigenvalue weighted by Crippen LogP contribution is -2.55. The first-order chi connectivity index (χ1) is 16.4. The fourth-order valence-corrected chi connectivity index (χ4v) is 3.93. The van der Waals surface area contributed by atoms with Crippen molar-refractivity contribution in [2.45, 2.75) is 51.1 Å². The number of aromatic nitrogens is 2. The third-order valence-electron chi connectivity index (χ3n) is 5.70. The van der Waals surface area contributed by atoms with Gasteiger partial charge in [-0.1, -0.05) is 13.8 Å². The summed E-state index contributed by atoms with van der Waals surface area (Å²) in [6.45, 7) is 6.27. The maximum atomic E-state index is 12.6.